The Labute approximate surface area is 168 Å². The van der Waals surface area contributed by atoms with Gasteiger partial charge in [-0.2, -0.15) is 0 Å². The second-order valence-electron chi connectivity index (χ2n) is 6.38. The number of thiophene rings is 1. The third-order valence-corrected chi connectivity index (χ3v) is 5.51. The lowest BCUT2D eigenvalue weighted by Crippen LogP contribution is -2.15. The van der Waals surface area contributed by atoms with Crippen molar-refractivity contribution in [3.63, 3.8) is 0 Å². The highest BCUT2D eigenvalue weighted by molar-refractivity contribution is 7.16. The summed E-state index contributed by atoms with van der Waals surface area (Å²) in [6.07, 6.45) is 2.42. The SMILES string of the molecule is COc1ccc(CC(Nc2ncnc3sccc23)c2ccc(OC)cc2)cc1. The molecule has 4 rings (SSSR count). The highest BCUT2D eigenvalue weighted by atomic mass is 32.1. The average molecular weight is 391 g/mol. The van der Waals surface area contributed by atoms with Crippen LogP contribution in [-0.4, -0.2) is 24.2 Å². The van der Waals surface area contributed by atoms with Crippen LogP contribution < -0.4 is 14.8 Å². The summed E-state index contributed by atoms with van der Waals surface area (Å²) in [5.74, 6) is 2.54. The molecule has 1 N–H and O–H groups in total. The molecule has 0 saturated heterocycles. The number of nitrogens with zero attached hydrogens (tertiary/aromatic N) is 2. The van der Waals surface area contributed by atoms with Gasteiger partial charge in [0.05, 0.1) is 25.6 Å². The molecule has 0 aliphatic carbocycles. The topological polar surface area (TPSA) is 56.3 Å². The van der Waals surface area contributed by atoms with Crippen LogP contribution in [0.5, 0.6) is 11.5 Å². The van der Waals surface area contributed by atoms with Crippen LogP contribution in [0.2, 0.25) is 0 Å². The van der Waals surface area contributed by atoms with Crippen molar-refractivity contribution in [1.82, 2.24) is 9.97 Å². The maximum atomic E-state index is 5.30. The Hall–Kier alpha value is -3.12. The second-order valence-corrected chi connectivity index (χ2v) is 7.28. The van der Waals surface area contributed by atoms with Gasteiger partial charge in [0.1, 0.15) is 28.5 Å². The van der Waals surface area contributed by atoms with E-state index in [0.29, 0.717) is 0 Å². The number of hydrogen-bond acceptors (Lipinski definition) is 6. The fraction of sp³-hybridized carbons (Fsp3) is 0.182. The summed E-state index contributed by atoms with van der Waals surface area (Å²) in [6.45, 7) is 0. The monoisotopic (exact) mass is 391 g/mol. The number of fused-ring (bicyclic) bond motifs is 1. The maximum absolute atomic E-state index is 5.30. The quantitative estimate of drug-likeness (QED) is 0.475. The van der Waals surface area contributed by atoms with Crippen LogP contribution in [-0.2, 0) is 6.42 Å². The van der Waals surface area contributed by atoms with Crippen molar-refractivity contribution in [2.75, 3.05) is 19.5 Å². The van der Waals surface area contributed by atoms with Crippen molar-refractivity contribution in [1.29, 1.82) is 0 Å². The molecule has 0 saturated carbocycles. The highest BCUT2D eigenvalue weighted by Gasteiger charge is 2.16. The summed E-state index contributed by atoms with van der Waals surface area (Å²) in [4.78, 5) is 9.81. The van der Waals surface area contributed by atoms with Gasteiger partial charge in [0, 0.05) is 0 Å². The molecule has 142 valence electrons. The smallest absolute Gasteiger partial charge is 0.138 e. The van der Waals surface area contributed by atoms with E-state index in [0.717, 1.165) is 34.0 Å². The van der Waals surface area contributed by atoms with Gasteiger partial charge >= 0.3 is 0 Å². The van der Waals surface area contributed by atoms with Crippen LogP contribution in [0.25, 0.3) is 10.2 Å². The molecule has 0 amide bonds. The molecule has 1 atom stereocenters. The molecular formula is C22H21N3O2S. The first-order valence-electron chi connectivity index (χ1n) is 8.98. The molecule has 2 aromatic heterocycles. The molecule has 0 radical (unpaired) electrons. The molecule has 1 unspecified atom stereocenters. The van der Waals surface area contributed by atoms with Gasteiger partial charge in [-0.1, -0.05) is 24.3 Å². The van der Waals surface area contributed by atoms with E-state index in [2.05, 4.69) is 45.6 Å². The number of nitrogens with one attached hydrogen (secondary N) is 1. The predicted octanol–water partition coefficient (Wildman–Crippen LogP) is 5.10. The van der Waals surface area contributed by atoms with E-state index in [4.69, 9.17) is 9.47 Å². The standard InChI is InChI=1S/C22H21N3O2S/c1-26-17-7-3-15(4-8-17)13-20(16-5-9-18(27-2)10-6-16)25-21-19-11-12-28-22(19)24-14-23-21/h3-12,14,20H,13H2,1-2H3,(H,23,24,25). The van der Waals surface area contributed by atoms with E-state index in [9.17, 15) is 0 Å². The minimum absolute atomic E-state index is 0.0531. The largest absolute Gasteiger partial charge is 0.497 e. The molecule has 0 aliphatic rings. The van der Waals surface area contributed by atoms with Crippen LogP contribution in [0.15, 0.2) is 66.3 Å². The molecule has 6 heteroatoms. The van der Waals surface area contributed by atoms with E-state index in [-0.39, 0.29) is 6.04 Å². The van der Waals surface area contributed by atoms with Crippen molar-refractivity contribution in [3.05, 3.63) is 77.4 Å². The molecule has 2 heterocycles. The molecular weight excluding hydrogens is 370 g/mol. The Balaban J connectivity index is 1.66. The maximum Gasteiger partial charge on any atom is 0.138 e. The molecule has 0 aliphatic heterocycles. The van der Waals surface area contributed by atoms with Gasteiger partial charge in [-0.15, -0.1) is 11.3 Å². The first kappa shape index (κ1) is 18.3. The van der Waals surface area contributed by atoms with Crippen LogP contribution in [0.1, 0.15) is 17.2 Å². The number of methoxy groups -OCH3 is 2. The molecule has 0 bridgehead atoms. The first-order valence-corrected chi connectivity index (χ1v) is 9.86. The van der Waals surface area contributed by atoms with Gasteiger partial charge in [0.2, 0.25) is 0 Å². The zero-order chi connectivity index (χ0) is 19.3. The van der Waals surface area contributed by atoms with Crippen LogP contribution >= 0.6 is 11.3 Å². The Morgan fingerprint density at radius 3 is 2.25 bits per heavy atom. The third kappa shape index (κ3) is 3.92. The van der Waals surface area contributed by atoms with Crippen molar-refractivity contribution in [3.8, 4) is 11.5 Å². The van der Waals surface area contributed by atoms with Crippen LogP contribution in [0.3, 0.4) is 0 Å². The predicted molar refractivity (Wildman–Crippen MR) is 113 cm³/mol. The van der Waals surface area contributed by atoms with Gasteiger partial charge in [-0.05, 0) is 53.3 Å². The average Bonchev–Trinajstić information content (AvgIpc) is 3.24. The fourth-order valence-corrected chi connectivity index (χ4v) is 3.89. The number of benzene rings is 2. The van der Waals surface area contributed by atoms with E-state index in [1.807, 2.05) is 29.6 Å². The van der Waals surface area contributed by atoms with E-state index >= 15 is 0 Å². The number of hydrogen-bond donors (Lipinski definition) is 1. The lowest BCUT2D eigenvalue weighted by atomic mass is 9.98. The molecule has 5 nitrogen and oxygen atoms in total. The Morgan fingerprint density at radius 2 is 1.57 bits per heavy atom. The Morgan fingerprint density at radius 1 is 0.893 bits per heavy atom. The van der Waals surface area contributed by atoms with Crippen molar-refractivity contribution < 1.29 is 9.47 Å². The lowest BCUT2D eigenvalue weighted by Gasteiger charge is -2.21. The highest BCUT2D eigenvalue weighted by Crippen LogP contribution is 2.30. The molecule has 28 heavy (non-hydrogen) atoms. The molecule has 2 aromatic carbocycles. The minimum Gasteiger partial charge on any atom is -0.497 e. The molecule has 0 fully saturated rings. The zero-order valence-electron chi connectivity index (χ0n) is 15.8. The third-order valence-electron chi connectivity index (χ3n) is 4.69. The summed E-state index contributed by atoms with van der Waals surface area (Å²) in [7, 11) is 3.36. The normalized spacial score (nSPS) is 11.9. The Bertz CT molecular complexity index is 1050. The minimum atomic E-state index is 0.0531. The summed E-state index contributed by atoms with van der Waals surface area (Å²) in [6, 6.07) is 18.4. The number of ether oxygens (including phenoxy) is 2. The van der Waals surface area contributed by atoms with Gasteiger partial charge in [-0.25, -0.2) is 9.97 Å². The molecule has 4 aromatic rings. The zero-order valence-corrected chi connectivity index (χ0v) is 16.6. The summed E-state index contributed by atoms with van der Waals surface area (Å²) in [5.41, 5.74) is 2.38. The summed E-state index contributed by atoms with van der Waals surface area (Å²) < 4.78 is 10.6. The second kappa shape index (κ2) is 8.27. The summed E-state index contributed by atoms with van der Waals surface area (Å²) in [5, 5.41) is 6.70. The van der Waals surface area contributed by atoms with Gasteiger partial charge in [0.25, 0.3) is 0 Å². The fourth-order valence-electron chi connectivity index (χ4n) is 3.16. The number of anilines is 1. The van der Waals surface area contributed by atoms with E-state index in [1.54, 1.807) is 31.9 Å². The van der Waals surface area contributed by atoms with Gasteiger partial charge in [0.15, 0.2) is 0 Å². The number of rotatable bonds is 7. The van der Waals surface area contributed by atoms with Crippen LogP contribution in [0.4, 0.5) is 5.82 Å². The van der Waals surface area contributed by atoms with Crippen LogP contribution in [0, 0.1) is 0 Å². The van der Waals surface area contributed by atoms with E-state index in [1.165, 1.54) is 11.1 Å². The van der Waals surface area contributed by atoms with Gasteiger partial charge in [-0.3, -0.25) is 0 Å². The first-order chi connectivity index (χ1) is 13.8. The summed E-state index contributed by atoms with van der Waals surface area (Å²) >= 11 is 1.62. The van der Waals surface area contributed by atoms with Crippen molar-refractivity contribution in [2.24, 2.45) is 0 Å². The van der Waals surface area contributed by atoms with Gasteiger partial charge < -0.3 is 14.8 Å². The lowest BCUT2D eigenvalue weighted by molar-refractivity contribution is 0.414. The van der Waals surface area contributed by atoms with Crippen molar-refractivity contribution >= 4 is 27.4 Å². The van der Waals surface area contributed by atoms with E-state index < -0.39 is 0 Å². The molecule has 0 spiro atoms. The number of aromatic nitrogens is 2. The Kier molecular flexibility index (Phi) is 5.39. The van der Waals surface area contributed by atoms with Crippen molar-refractivity contribution in [2.45, 2.75) is 12.5 Å².